The molecule has 112 valence electrons. The van der Waals surface area contributed by atoms with Crippen molar-refractivity contribution in [2.45, 2.75) is 64.2 Å². The van der Waals surface area contributed by atoms with Crippen LogP contribution >= 0.6 is 0 Å². The summed E-state index contributed by atoms with van der Waals surface area (Å²) in [5.74, 6) is -0.184. The number of carboxylic acids is 2. The van der Waals surface area contributed by atoms with Gasteiger partial charge in [-0.2, -0.15) is 0 Å². The van der Waals surface area contributed by atoms with Gasteiger partial charge in [0.05, 0.1) is 0 Å². The molecule has 0 unspecified atom stereocenters. The first kappa shape index (κ1) is 21.0. The van der Waals surface area contributed by atoms with Crippen LogP contribution in [0.25, 0.3) is 0 Å². The number of carbonyl (C=O) groups is 2. The molecule has 4 aliphatic rings. The van der Waals surface area contributed by atoms with E-state index >= 15 is 0 Å². The summed E-state index contributed by atoms with van der Waals surface area (Å²) in [6.07, 6.45) is 9.77. The average Bonchev–Trinajstić information content (AvgIpc) is 3.20. The number of fused-ring (bicyclic) bond motifs is 4. The molecule has 0 heterocycles. The smallest absolute Gasteiger partial charge is 0.550 e. The van der Waals surface area contributed by atoms with Gasteiger partial charge in [-0.1, -0.05) is 0 Å². The van der Waals surface area contributed by atoms with E-state index in [1.807, 2.05) is 0 Å². The van der Waals surface area contributed by atoms with Gasteiger partial charge in [0.15, 0.2) is 0 Å². The van der Waals surface area contributed by atoms with Gasteiger partial charge in [0.25, 0.3) is 0 Å². The Bertz CT molecular complexity index is 382. The van der Waals surface area contributed by atoms with E-state index in [-0.39, 0.29) is 69.9 Å². The zero-order valence-electron chi connectivity index (χ0n) is 13.9. The number of carbonyl (C=O) groups excluding carboxylic acids is 2. The monoisotopic (exact) mass is 324 g/mol. The van der Waals surface area contributed by atoms with Crippen molar-refractivity contribution >= 4 is 11.9 Å². The van der Waals surface area contributed by atoms with Crippen molar-refractivity contribution in [2.75, 3.05) is 0 Å². The molecule has 4 nitrogen and oxygen atoms in total. The van der Waals surface area contributed by atoms with Crippen molar-refractivity contribution in [3.05, 3.63) is 0 Å². The van der Waals surface area contributed by atoms with Gasteiger partial charge < -0.3 is 19.8 Å². The maximum absolute atomic E-state index is 10.7. The summed E-state index contributed by atoms with van der Waals surface area (Å²) in [5, 5.41) is 21.3. The minimum Gasteiger partial charge on any atom is -0.550 e. The van der Waals surface area contributed by atoms with E-state index in [2.05, 4.69) is 0 Å². The molecule has 0 atom stereocenters. The Kier molecular flexibility index (Phi) is 7.52. The van der Waals surface area contributed by atoms with E-state index in [0.29, 0.717) is 11.8 Å². The first-order valence-electron chi connectivity index (χ1n) is 7.89. The summed E-state index contributed by atoms with van der Waals surface area (Å²) in [4.78, 5) is 21.3. The molecule has 0 aromatic heterocycles. The van der Waals surface area contributed by atoms with Gasteiger partial charge in [0.1, 0.15) is 0 Å². The van der Waals surface area contributed by atoms with Crippen LogP contribution in [0.5, 0.6) is 0 Å². The molecule has 6 heteroatoms. The van der Waals surface area contributed by atoms with Crippen molar-refractivity contribution in [3.8, 4) is 0 Å². The predicted octanol–water partition coefficient (Wildman–Crippen LogP) is -5.36. The van der Waals surface area contributed by atoms with Crippen molar-refractivity contribution in [1.29, 1.82) is 0 Å². The van der Waals surface area contributed by atoms with Gasteiger partial charge in [-0.15, -0.1) is 0 Å². The Labute approximate surface area is 176 Å². The molecule has 0 aliphatic heterocycles. The van der Waals surface area contributed by atoms with Crippen LogP contribution in [-0.2, 0) is 9.59 Å². The standard InChI is InChI=1S/2C8H12O2.2Na/c2*9-7(10)8-3-1-6(5-8)2-4-8;;/h2*6H,1-5H2,(H,9,10);;/q;;2*+1/p-2. The minimum atomic E-state index is -0.799. The number of hydrogen-bond acceptors (Lipinski definition) is 4. The van der Waals surface area contributed by atoms with Crippen LogP contribution in [-0.4, -0.2) is 11.9 Å². The summed E-state index contributed by atoms with van der Waals surface area (Å²) in [5.41, 5.74) is -0.769. The third kappa shape index (κ3) is 3.78. The van der Waals surface area contributed by atoms with Gasteiger partial charge in [0.2, 0.25) is 0 Å². The maximum Gasteiger partial charge on any atom is 1.00 e. The van der Waals surface area contributed by atoms with Crippen molar-refractivity contribution in [2.24, 2.45) is 22.7 Å². The van der Waals surface area contributed by atoms with Gasteiger partial charge in [-0.05, 0) is 76.0 Å². The van der Waals surface area contributed by atoms with Crippen LogP contribution in [0, 0.1) is 22.7 Å². The zero-order chi connectivity index (χ0) is 14.4. The van der Waals surface area contributed by atoms with Crippen LogP contribution in [0.3, 0.4) is 0 Å². The first-order chi connectivity index (χ1) is 9.46. The molecule has 0 aromatic carbocycles. The molecule has 0 aromatic rings. The largest absolute Gasteiger partial charge is 1.00 e. The normalized spacial score (nSPS) is 40.2. The van der Waals surface area contributed by atoms with E-state index in [1.54, 1.807) is 0 Å². The summed E-state index contributed by atoms with van der Waals surface area (Å²) >= 11 is 0. The molecule has 0 amide bonds. The van der Waals surface area contributed by atoms with Gasteiger partial charge in [-0.3, -0.25) is 0 Å². The van der Waals surface area contributed by atoms with Crippen LogP contribution in [0.1, 0.15) is 64.2 Å². The second-order valence-corrected chi connectivity index (χ2v) is 7.43. The topological polar surface area (TPSA) is 80.3 Å². The fraction of sp³-hybridized carbons (Fsp3) is 0.875. The second-order valence-electron chi connectivity index (χ2n) is 7.43. The summed E-state index contributed by atoms with van der Waals surface area (Å²) in [7, 11) is 0. The van der Waals surface area contributed by atoms with Gasteiger partial charge in [-0.25, -0.2) is 0 Å². The second kappa shape index (κ2) is 7.88. The Morgan fingerprint density at radius 1 is 0.682 bits per heavy atom. The van der Waals surface area contributed by atoms with E-state index in [1.165, 1.54) is 0 Å². The van der Waals surface area contributed by atoms with Crippen molar-refractivity contribution < 1.29 is 78.9 Å². The zero-order valence-corrected chi connectivity index (χ0v) is 17.9. The first-order valence-corrected chi connectivity index (χ1v) is 7.89. The average molecular weight is 324 g/mol. The number of aliphatic carboxylic acids is 2. The Morgan fingerprint density at radius 2 is 0.955 bits per heavy atom. The fourth-order valence-corrected chi connectivity index (χ4v) is 4.96. The van der Waals surface area contributed by atoms with E-state index in [0.717, 1.165) is 64.2 Å². The van der Waals surface area contributed by atoms with E-state index in [9.17, 15) is 19.8 Å². The molecule has 0 saturated heterocycles. The van der Waals surface area contributed by atoms with Gasteiger partial charge >= 0.3 is 59.1 Å². The number of hydrogen-bond donors (Lipinski definition) is 0. The van der Waals surface area contributed by atoms with Gasteiger partial charge in [0, 0.05) is 22.8 Å². The predicted molar refractivity (Wildman–Crippen MR) is 68.0 cm³/mol. The van der Waals surface area contributed by atoms with Crippen LogP contribution in [0.4, 0.5) is 0 Å². The fourth-order valence-electron chi connectivity index (χ4n) is 4.96. The molecule has 4 bridgehead atoms. The van der Waals surface area contributed by atoms with Crippen molar-refractivity contribution in [3.63, 3.8) is 0 Å². The molecular weight excluding hydrogens is 302 g/mol. The Morgan fingerprint density at radius 3 is 1.05 bits per heavy atom. The third-order valence-corrected chi connectivity index (χ3v) is 6.35. The quantitative estimate of drug-likeness (QED) is 0.475. The SMILES string of the molecule is O=C([O-])C12CCC(CC1)C2.O=C([O-])C12CCC(CC1)C2.[Na+].[Na+]. The Hall–Kier alpha value is 0.940. The van der Waals surface area contributed by atoms with Crippen LogP contribution in [0.2, 0.25) is 0 Å². The summed E-state index contributed by atoms with van der Waals surface area (Å²) in [6.45, 7) is 0. The maximum atomic E-state index is 10.7. The molecule has 0 spiro atoms. The molecule has 4 aliphatic carbocycles. The van der Waals surface area contributed by atoms with E-state index in [4.69, 9.17) is 0 Å². The molecular formula is C16H22Na2O4. The number of carboxylic acid groups (broad SMARTS) is 2. The molecule has 4 saturated carbocycles. The van der Waals surface area contributed by atoms with E-state index < -0.39 is 11.9 Å². The molecule has 0 N–H and O–H groups in total. The Balaban J connectivity index is 0.000000202. The minimum absolute atomic E-state index is 0. The molecule has 0 radical (unpaired) electrons. The molecule has 4 fully saturated rings. The summed E-state index contributed by atoms with van der Waals surface area (Å²) in [6, 6.07) is 0. The van der Waals surface area contributed by atoms with Crippen LogP contribution in [0.15, 0.2) is 0 Å². The third-order valence-electron chi connectivity index (χ3n) is 6.35. The number of rotatable bonds is 2. The molecule has 4 rings (SSSR count). The summed E-state index contributed by atoms with van der Waals surface area (Å²) < 4.78 is 0. The van der Waals surface area contributed by atoms with Crippen molar-refractivity contribution in [1.82, 2.24) is 0 Å². The van der Waals surface area contributed by atoms with Crippen LogP contribution < -0.4 is 69.3 Å². The molecule has 22 heavy (non-hydrogen) atoms.